The van der Waals surface area contributed by atoms with E-state index in [0.29, 0.717) is 10.6 Å². The first-order valence-electron chi connectivity index (χ1n) is 9.09. The fourth-order valence-electron chi connectivity index (χ4n) is 3.03. The first-order chi connectivity index (χ1) is 13.9. The van der Waals surface area contributed by atoms with E-state index in [-0.39, 0.29) is 12.3 Å². The van der Waals surface area contributed by atoms with E-state index in [1.165, 1.54) is 11.3 Å². The average Bonchev–Trinajstić information content (AvgIpc) is 3.24. The first-order valence-corrected chi connectivity index (χ1v) is 11.9. The third-order valence-electron chi connectivity index (χ3n) is 4.39. The maximum Gasteiger partial charge on any atom is 0.216 e. The van der Waals surface area contributed by atoms with E-state index in [1.54, 1.807) is 28.8 Å². The van der Waals surface area contributed by atoms with Crippen LogP contribution in [-0.2, 0) is 28.7 Å². The van der Waals surface area contributed by atoms with Crippen LogP contribution in [0.1, 0.15) is 23.2 Å². The summed E-state index contributed by atoms with van der Waals surface area (Å²) in [5.74, 6) is -0.145. The van der Waals surface area contributed by atoms with Gasteiger partial charge in [0.25, 0.3) is 0 Å². The van der Waals surface area contributed by atoms with Crippen molar-refractivity contribution in [1.82, 2.24) is 19.3 Å². The fraction of sp³-hybridized carbons (Fsp3) is 0.200. The number of nitrogens with one attached hydrogen (secondary N) is 1. The molecule has 6 nitrogen and oxygen atoms in total. The standard InChI is InChI=1S/C20H19ClN4O2S2/c1-2-18-24-25-17(19(23-20(25)28-18)15-8-4-3-5-9-15)12-22-29(26,27)13-14-7-6-10-16(21)11-14/h3-11,22H,2,12-13H2,1H3. The molecule has 0 amide bonds. The van der Waals surface area contributed by atoms with E-state index in [1.807, 2.05) is 37.3 Å². The van der Waals surface area contributed by atoms with Crippen molar-refractivity contribution in [2.24, 2.45) is 0 Å². The van der Waals surface area contributed by atoms with Gasteiger partial charge in [0.1, 0.15) is 5.01 Å². The number of aryl methyl sites for hydroxylation is 1. The molecule has 4 rings (SSSR count). The Kier molecular flexibility index (Phi) is 5.69. The SMILES string of the molecule is CCc1nn2c(CNS(=O)(=O)Cc3cccc(Cl)c3)c(-c3ccccc3)nc2s1. The lowest BCUT2D eigenvalue weighted by molar-refractivity contribution is 0.579. The van der Waals surface area contributed by atoms with Gasteiger partial charge in [-0.3, -0.25) is 0 Å². The lowest BCUT2D eigenvalue weighted by atomic mass is 10.1. The maximum atomic E-state index is 12.7. The molecule has 29 heavy (non-hydrogen) atoms. The smallest absolute Gasteiger partial charge is 0.216 e. The number of nitrogens with zero attached hydrogens (tertiary/aromatic N) is 3. The van der Waals surface area contributed by atoms with Crippen molar-refractivity contribution in [3.05, 3.63) is 75.9 Å². The molecule has 0 spiro atoms. The number of aromatic nitrogens is 3. The van der Waals surface area contributed by atoms with Gasteiger partial charge in [0, 0.05) is 10.6 Å². The zero-order valence-electron chi connectivity index (χ0n) is 15.7. The Labute approximate surface area is 178 Å². The molecule has 0 aliphatic carbocycles. The van der Waals surface area contributed by atoms with Crippen LogP contribution in [0.25, 0.3) is 16.2 Å². The third kappa shape index (κ3) is 4.51. The van der Waals surface area contributed by atoms with Crippen molar-refractivity contribution in [1.29, 1.82) is 0 Å². The Hall–Kier alpha value is -2.26. The summed E-state index contributed by atoms with van der Waals surface area (Å²) < 4.78 is 29.7. The Morgan fingerprint density at radius 3 is 2.66 bits per heavy atom. The highest BCUT2D eigenvalue weighted by Gasteiger charge is 2.20. The van der Waals surface area contributed by atoms with Crippen LogP contribution in [-0.4, -0.2) is 23.0 Å². The van der Waals surface area contributed by atoms with Crippen molar-refractivity contribution < 1.29 is 8.42 Å². The van der Waals surface area contributed by atoms with E-state index in [2.05, 4.69) is 9.82 Å². The molecule has 2 aromatic heterocycles. The number of halogens is 1. The van der Waals surface area contributed by atoms with E-state index in [4.69, 9.17) is 16.6 Å². The second kappa shape index (κ2) is 8.23. The van der Waals surface area contributed by atoms with Crippen LogP contribution in [0, 0.1) is 0 Å². The number of rotatable bonds is 7. The van der Waals surface area contributed by atoms with Crippen LogP contribution in [0.5, 0.6) is 0 Å². The molecule has 1 N–H and O–H groups in total. The summed E-state index contributed by atoms with van der Waals surface area (Å²) in [6, 6.07) is 16.6. The van der Waals surface area contributed by atoms with Gasteiger partial charge in [-0.2, -0.15) is 5.10 Å². The normalized spacial score (nSPS) is 11.9. The Morgan fingerprint density at radius 2 is 1.93 bits per heavy atom. The topological polar surface area (TPSA) is 76.4 Å². The Morgan fingerprint density at radius 1 is 1.14 bits per heavy atom. The molecule has 0 fully saturated rings. The molecule has 0 saturated heterocycles. The molecule has 0 radical (unpaired) electrons. The van der Waals surface area contributed by atoms with E-state index >= 15 is 0 Å². The van der Waals surface area contributed by atoms with Crippen LogP contribution in [0.3, 0.4) is 0 Å². The number of hydrogen-bond donors (Lipinski definition) is 1. The van der Waals surface area contributed by atoms with Gasteiger partial charge < -0.3 is 0 Å². The van der Waals surface area contributed by atoms with Gasteiger partial charge in [0.05, 0.1) is 23.7 Å². The highest BCUT2D eigenvalue weighted by atomic mass is 35.5. The van der Waals surface area contributed by atoms with Crippen molar-refractivity contribution in [3.63, 3.8) is 0 Å². The van der Waals surface area contributed by atoms with Gasteiger partial charge in [-0.1, -0.05) is 72.3 Å². The molecule has 0 unspecified atom stereocenters. The molecule has 0 atom stereocenters. The van der Waals surface area contributed by atoms with Crippen molar-refractivity contribution >= 4 is 37.9 Å². The van der Waals surface area contributed by atoms with Crippen LogP contribution in [0.2, 0.25) is 5.02 Å². The van der Waals surface area contributed by atoms with Gasteiger partial charge in [0.15, 0.2) is 0 Å². The quantitative estimate of drug-likeness (QED) is 0.459. The lowest BCUT2D eigenvalue weighted by Crippen LogP contribution is -2.25. The summed E-state index contributed by atoms with van der Waals surface area (Å²) in [5.41, 5.74) is 3.01. The molecule has 9 heteroatoms. The predicted molar refractivity (Wildman–Crippen MR) is 117 cm³/mol. The molecule has 0 aliphatic heterocycles. The minimum absolute atomic E-state index is 0.0984. The summed E-state index contributed by atoms with van der Waals surface area (Å²) in [6.45, 7) is 2.13. The second-order valence-electron chi connectivity index (χ2n) is 6.53. The molecule has 4 aromatic rings. The monoisotopic (exact) mass is 446 g/mol. The minimum atomic E-state index is -3.57. The van der Waals surface area contributed by atoms with Gasteiger partial charge in [-0.25, -0.2) is 22.6 Å². The van der Waals surface area contributed by atoms with E-state index in [0.717, 1.165) is 33.3 Å². The lowest BCUT2D eigenvalue weighted by Gasteiger charge is -2.08. The van der Waals surface area contributed by atoms with Gasteiger partial charge in [-0.15, -0.1) is 0 Å². The molecule has 2 heterocycles. The minimum Gasteiger partial charge on any atom is -0.217 e. The number of fused-ring (bicyclic) bond motifs is 1. The molecule has 0 bridgehead atoms. The fourth-order valence-corrected chi connectivity index (χ4v) is 5.18. The maximum absolute atomic E-state index is 12.7. The number of sulfonamides is 1. The largest absolute Gasteiger partial charge is 0.217 e. The highest BCUT2D eigenvalue weighted by molar-refractivity contribution is 7.88. The summed E-state index contributed by atoms with van der Waals surface area (Å²) in [5, 5.41) is 6.06. The molecule has 2 aromatic carbocycles. The van der Waals surface area contributed by atoms with Crippen LogP contribution < -0.4 is 4.72 Å². The number of imidazole rings is 1. The van der Waals surface area contributed by atoms with Crippen LogP contribution in [0.15, 0.2) is 54.6 Å². The Bertz CT molecular complexity index is 1250. The van der Waals surface area contributed by atoms with Crippen molar-refractivity contribution in [2.75, 3.05) is 0 Å². The van der Waals surface area contributed by atoms with Crippen LogP contribution in [0.4, 0.5) is 0 Å². The van der Waals surface area contributed by atoms with E-state index in [9.17, 15) is 8.42 Å². The van der Waals surface area contributed by atoms with Crippen LogP contribution >= 0.6 is 22.9 Å². The van der Waals surface area contributed by atoms with Crippen molar-refractivity contribution in [2.45, 2.75) is 25.6 Å². The average molecular weight is 447 g/mol. The zero-order valence-corrected chi connectivity index (χ0v) is 18.1. The molecule has 150 valence electrons. The van der Waals surface area contributed by atoms with Crippen molar-refractivity contribution in [3.8, 4) is 11.3 Å². The number of hydrogen-bond acceptors (Lipinski definition) is 5. The zero-order chi connectivity index (χ0) is 20.4. The van der Waals surface area contributed by atoms with Gasteiger partial charge in [-0.05, 0) is 24.1 Å². The molecule has 0 aliphatic rings. The Balaban J connectivity index is 1.64. The molecular weight excluding hydrogens is 428 g/mol. The van der Waals surface area contributed by atoms with E-state index < -0.39 is 10.0 Å². The van der Waals surface area contributed by atoms with Gasteiger partial charge in [0.2, 0.25) is 15.0 Å². The van der Waals surface area contributed by atoms with Gasteiger partial charge >= 0.3 is 0 Å². The third-order valence-corrected chi connectivity index (χ3v) is 6.98. The summed E-state index contributed by atoms with van der Waals surface area (Å²) in [4.78, 5) is 5.47. The summed E-state index contributed by atoms with van der Waals surface area (Å²) in [6.07, 6.45) is 0.800. The second-order valence-corrected chi connectivity index (χ2v) is 9.81. The summed E-state index contributed by atoms with van der Waals surface area (Å²) >= 11 is 7.48. The number of benzene rings is 2. The summed E-state index contributed by atoms with van der Waals surface area (Å²) in [7, 11) is -3.57. The highest BCUT2D eigenvalue weighted by Crippen LogP contribution is 2.27. The molecular formula is C20H19ClN4O2S2. The predicted octanol–water partition coefficient (Wildman–Crippen LogP) is 4.29. The molecule has 0 saturated carbocycles. The first kappa shape index (κ1) is 20.0.